The van der Waals surface area contributed by atoms with Gasteiger partial charge in [-0.05, 0) is 74.5 Å². The van der Waals surface area contributed by atoms with Crippen molar-refractivity contribution in [2.24, 2.45) is 28.3 Å². The van der Waals surface area contributed by atoms with Gasteiger partial charge in [-0.15, -0.1) is 0 Å². The fourth-order valence-electron chi connectivity index (χ4n) is 7.12. The summed E-state index contributed by atoms with van der Waals surface area (Å²) in [7, 11) is -3.81. The average molecular weight is 475 g/mol. The van der Waals surface area contributed by atoms with Crippen molar-refractivity contribution in [2.45, 2.75) is 49.8 Å². The molecule has 8 nitrogen and oxygen atoms in total. The number of primary sulfonamides is 1. The first-order valence-corrected chi connectivity index (χ1v) is 13.7. The van der Waals surface area contributed by atoms with Crippen LogP contribution in [0, 0.1) is 23.2 Å². The second kappa shape index (κ2) is 8.67. The summed E-state index contributed by atoms with van der Waals surface area (Å²) in [4.78, 5) is 30.2. The van der Waals surface area contributed by atoms with E-state index in [1.807, 2.05) is 0 Å². The number of rotatable bonds is 6. The Balaban J connectivity index is 1.09. The van der Waals surface area contributed by atoms with Gasteiger partial charge in [-0.3, -0.25) is 14.5 Å². The Morgan fingerprint density at radius 1 is 1.00 bits per heavy atom. The Labute approximate surface area is 195 Å². The zero-order valence-corrected chi connectivity index (χ0v) is 19.9. The molecular formula is C24H34N4O4S. The Morgan fingerprint density at radius 3 is 2.18 bits per heavy atom. The Bertz CT molecular complexity index is 997. The summed E-state index contributed by atoms with van der Waals surface area (Å²) in [5.74, 6) is 2.53. The van der Waals surface area contributed by atoms with Crippen molar-refractivity contribution in [1.82, 2.24) is 9.80 Å². The van der Waals surface area contributed by atoms with Crippen LogP contribution < -0.4 is 10.5 Å². The highest BCUT2D eigenvalue weighted by atomic mass is 32.2. The average Bonchev–Trinajstić information content (AvgIpc) is 2.76. The van der Waals surface area contributed by atoms with Crippen LogP contribution >= 0.6 is 0 Å². The molecule has 180 valence electrons. The lowest BCUT2D eigenvalue weighted by Gasteiger charge is -2.57. The maximum atomic E-state index is 13.5. The lowest BCUT2D eigenvalue weighted by molar-refractivity contribution is -0.159. The highest BCUT2D eigenvalue weighted by Gasteiger charge is 2.55. The van der Waals surface area contributed by atoms with Crippen LogP contribution in [0.4, 0.5) is 5.69 Å². The van der Waals surface area contributed by atoms with Crippen molar-refractivity contribution in [2.75, 3.05) is 38.0 Å². The van der Waals surface area contributed by atoms with Gasteiger partial charge in [0.25, 0.3) is 0 Å². The number of carbonyl (C=O) groups is 2. The Kier molecular flexibility index (Phi) is 5.99. The summed E-state index contributed by atoms with van der Waals surface area (Å²) < 4.78 is 23.0. The summed E-state index contributed by atoms with van der Waals surface area (Å²) in [6.07, 6.45) is 7.64. The molecule has 3 N–H and O–H groups in total. The molecule has 9 heteroatoms. The molecule has 4 aliphatic carbocycles. The molecule has 1 saturated heterocycles. The molecule has 0 atom stereocenters. The predicted molar refractivity (Wildman–Crippen MR) is 125 cm³/mol. The molecule has 2 amide bonds. The smallest absolute Gasteiger partial charge is 0.238 e. The number of amides is 2. The van der Waals surface area contributed by atoms with Gasteiger partial charge in [0.1, 0.15) is 0 Å². The monoisotopic (exact) mass is 474 g/mol. The van der Waals surface area contributed by atoms with Gasteiger partial charge in [0, 0.05) is 44.8 Å². The van der Waals surface area contributed by atoms with Crippen molar-refractivity contribution in [3.63, 3.8) is 0 Å². The number of nitrogens with one attached hydrogen (secondary N) is 1. The predicted octanol–water partition coefficient (Wildman–Crippen LogP) is 2.02. The molecular weight excluding hydrogens is 440 g/mol. The zero-order chi connectivity index (χ0) is 23.2. The van der Waals surface area contributed by atoms with E-state index in [2.05, 4.69) is 15.1 Å². The highest BCUT2D eigenvalue weighted by molar-refractivity contribution is 7.89. The molecule has 1 heterocycles. The topological polar surface area (TPSA) is 113 Å². The first-order chi connectivity index (χ1) is 15.7. The number of nitrogens with zero attached hydrogens (tertiary/aromatic N) is 2. The van der Waals surface area contributed by atoms with E-state index in [9.17, 15) is 18.0 Å². The number of hydrogen-bond donors (Lipinski definition) is 2. The quantitative estimate of drug-likeness (QED) is 0.655. The maximum absolute atomic E-state index is 13.5. The van der Waals surface area contributed by atoms with E-state index in [0.29, 0.717) is 24.6 Å². The van der Waals surface area contributed by atoms with E-state index in [-0.39, 0.29) is 16.2 Å². The van der Waals surface area contributed by atoms with E-state index in [0.717, 1.165) is 63.2 Å². The summed E-state index contributed by atoms with van der Waals surface area (Å²) in [6.45, 7) is 3.65. The first kappa shape index (κ1) is 22.8. The van der Waals surface area contributed by atoms with E-state index in [1.54, 1.807) is 12.1 Å². The van der Waals surface area contributed by atoms with Crippen LogP contribution in [0.2, 0.25) is 0 Å². The molecule has 4 saturated carbocycles. The van der Waals surface area contributed by atoms with E-state index in [1.165, 1.54) is 31.4 Å². The van der Waals surface area contributed by atoms with E-state index >= 15 is 0 Å². The minimum absolute atomic E-state index is 0.0277. The molecule has 0 unspecified atom stereocenters. The summed E-state index contributed by atoms with van der Waals surface area (Å²) >= 11 is 0. The summed E-state index contributed by atoms with van der Waals surface area (Å²) in [5, 5.41) is 7.90. The molecule has 1 aliphatic heterocycles. The molecule has 0 radical (unpaired) electrons. The summed E-state index contributed by atoms with van der Waals surface area (Å²) in [6, 6.07) is 5.95. The Hall–Kier alpha value is -1.97. The van der Waals surface area contributed by atoms with Crippen molar-refractivity contribution >= 4 is 27.5 Å². The second-order valence-electron chi connectivity index (χ2n) is 10.7. The van der Waals surface area contributed by atoms with Crippen LogP contribution in [0.15, 0.2) is 29.2 Å². The number of sulfonamides is 1. The fourth-order valence-corrected chi connectivity index (χ4v) is 7.68. The van der Waals surface area contributed by atoms with Gasteiger partial charge in [-0.25, -0.2) is 13.6 Å². The molecule has 5 aliphatic rings. The van der Waals surface area contributed by atoms with Crippen molar-refractivity contribution < 1.29 is 18.0 Å². The third kappa shape index (κ3) is 4.81. The van der Waals surface area contributed by atoms with Gasteiger partial charge in [0.2, 0.25) is 21.8 Å². The second-order valence-corrected chi connectivity index (χ2v) is 12.3. The third-order valence-corrected chi connectivity index (χ3v) is 9.16. The summed E-state index contributed by atoms with van der Waals surface area (Å²) in [5.41, 5.74) is 0.333. The van der Waals surface area contributed by atoms with Crippen molar-refractivity contribution in [1.29, 1.82) is 0 Å². The number of nitrogens with two attached hydrogens (primary N) is 1. The minimum Gasteiger partial charge on any atom is -0.340 e. The van der Waals surface area contributed by atoms with Crippen molar-refractivity contribution in [3.8, 4) is 0 Å². The normalized spacial score (nSPS) is 31.5. The van der Waals surface area contributed by atoms with Crippen LogP contribution in [0.3, 0.4) is 0 Å². The molecule has 0 aromatic heterocycles. The van der Waals surface area contributed by atoms with Gasteiger partial charge in [0.15, 0.2) is 0 Å². The third-order valence-electron chi connectivity index (χ3n) is 8.25. The highest BCUT2D eigenvalue weighted by Crippen LogP contribution is 2.60. The van der Waals surface area contributed by atoms with Gasteiger partial charge < -0.3 is 10.2 Å². The van der Waals surface area contributed by atoms with Crippen LogP contribution in [-0.4, -0.2) is 62.8 Å². The standard InChI is InChI=1S/C24H34N4O4S/c25-33(31,32)21-3-1-2-20(13-21)26-22(29)4-5-27-6-8-28(9-7-27)23(30)24-14-17-10-18(15-24)12-19(11-17)16-24/h1-3,13,17-19H,4-12,14-16H2,(H,26,29)(H2,25,31,32). The Morgan fingerprint density at radius 2 is 1.61 bits per heavy atom. The van der Waals surface area contributed by atoms with Gasteiger partial charge in [-0.2, -0.15) is 0 Å². The van der Waals surface area contributed by atoms with Gasteiger partial charge >= 0.3 is 0 Å². The molecule has 4 bridgehead atoms. The van der Waals surface area contributed by atoms with Gasteiger partial charge in [-0.1, -0.05) is 6.07 Å². The van der Waals surface area contributed by atoms with Crippen LogP contribution in [0.5, 0.6) is 0 Å². The maximum Gasteiger partial charge on any atom is 0.238 e. The number of benzene rings is 1. The van der Waals surface area contributed by atoms with E-state index < -0.39 is 10.0 Å². The fraction of sp³-hybridized carbons (Fsp3) is 0.667. The molecule has 33 heavy (non-hydrogen) atoms. The zero-order valence-electron chi connectivity index (χ0n) is 19.0. The SMILES string of the molecule is NS(=O)(=O)c1cccc(NC(=O)CCN2CCN(C(=O)C34CC5CC(CC(C5)C3)C4)CC2)c1. The van der Waals surface area contributed by atoms with Crippen molar-refractivity contribution in [3.05, 3.63) is 24.3 Å². The van der Waals surface area contributed by atoms with E-state index in [4.69, 9.17) is 5.14 Å². The molecule has 0 spiro atoms. The lowest BCUT2D eigenvalue weighted by Crippen LogP contribution is -2.58. The molecule has 1 aromatic carbocycles. The number of anilines is 1. The minimum atomic E-state index is -3.81. The largest absolute Gasteiger partial charge is 0.340 e. The lowest BCUT2D eigenvalue weighted by atomic mass is 9.49. The molecule has 6 rings (SSSR count). The van der Waals surface area contributed by atoms with Crippen LogP contribution in [0.25, 0.3) is 0 Å². The van der Waals surface area contributed by atoms with Gasteiger partial charge in [0.05, 0.1) is 10.3 Å². The number of carbonyl (C=O) groups excluding carboxylic acids is 2. The molecule has 5 fully saturated rings. The molecule has 1 aromatic rings. The van der Waals surface area contributed by atoms with Crippen LogP contribution in [0.1, 0.15) is 44.9 Å². The number of hydrogen-bond acceptors (Lipinski definition) is 5. The first-order valence-electron chi connectivity index (χ1n) is 12.1. The number of piperazine rings is 1. The van der Waals surface area contributed by atoms with Crippen LogP contribution in [-0.2, 0) is 19.6 Å².